The molecule has 0 amide bonds. The first-order valence-corrected chi connectivity index (χ1v) is 6.09. The predicted molar refractivity (Wildman–Crippen MR) is 78.4 cm³/mol. The van der Waals surface area contributed by atoms with Crippen molar-refractivity contribution in [2.45, 2.75) is 5.92 Å². The van der Waals surface area contributed by atoms with Crippen LogP contribution in [-0.2, 0) is 0 Å². The van der Waals surface area contributed by atoms with Crippen LogP contribution < -0.4 is 0 Å². The molecule has 0 saturated heterocycles. The van der Waals surface area contributed by atoms with Gasteiger partial charge in [0.05, 0.1) is 0 Å². The lowest BCUT2D eigenvalue weighted by Gasteiger charge is -2.21. The zero-order valence-corrected chi connectivity index (χ0v) is 10.4. The molecular weight excluding hydrogens is 218 g/mol. The maximum atomic E-state index is 3.96. The quantitative estimate of drug-likeness (QED) is 0.655. The minimum atomic E-state index is 0.186. The van der Waals surface area contributed by atoms with Crippen molar-refractivity contribution < 1.29 is 0 Å². The second-order valence-electron chi connectivity index (χ2n) is 4.15. The van der Waals surface area contributed by atoms with Gasteiger partial charge in [-0.15, -0.1) is 13.2 Å². The summed E-state index contributed by atoms with van der Waals surface area (Å²) in [6.07, 6.45) is 3.90. The summed E-state index contributed by atoms with van der Waals surface area (Å²) >= 11 is 0. The normalized spacial score (nSPS) is 12.1. The number of hydrogen-bond acceptors (Lipinski definition) is 0. The molecule has 2 rings (SSSR count). The molecule has 0 bridgehead atoms. The van der Waals surface area contributed by atoms with Crippen LogP contribution in [0.25, 0.3) is 0 Å². The topological polar surface area (TPSA) is 0 Å². The summed E-state index contributed by atoms with van der Waals surface area (Å²) in [5, 5.41) is 0. The van der Waals surface area contributed by atoms with Crippen molar-refractivity contribution in [3.05, 3.63) is 103 Å². The van der Waals surface area contributed by atoms with Crippen molar-refractivity contribution in [2.75, 3.05) is 0 Å². The lowest BCUT2D eigenvalue weighted by atomic mass is 9.91. The van der Waals surface area contributed by atoms with Crippen LogP contribution in [0.1, 0.15) is 17.0 Å². The summed E-state index contributed by atoms with van der Waals surface area (Å²) in [5.41, 5.74) is 2.44. The van der Waals surface area contributed by atoms with Crippen LogP contribution in [-0.4, -0.2) is 0 Å². The van der Waals surface area contributed by atoms with Crippen molar-refractivity contribution >= 4 is 0 Å². The van der Waals surface area contributed by atoms with Gasteiger partial charge in [-0.25, -0.2) is 0 Å². The van der Waals surface area contributed by atoms with E-state index >= 15 is 0 Å². The van der Waals surface area contributed by atoms with Gasteiger partial charge in [0.15, 0.2) is 0 Å². The van der Waals surface area contributed by atoms with E-state index in [1.165, 1.54) is 17.0 Å². The fraction of sp³-hybridized carbons (Fsp3) is 0.0556. The molecule has 0 aliphatic rings. The first kappa shape index (κ1) is 12.4. The molecule has 18 heavy (non-hydrogen) atoms. The van der Waals surface area contributed by atoms with E-state index in [1.54, 1.807) is 0 Å². The first-order valence-electron chi connectivity index (χ1n) is 6.09. The number of allylic oxidation sites excluding steroid dienone is 2. The van der Waals surface area contributed by atoms with Gasteiger partial charge in [-0.2, -0.15) is 0 Å². The van der Waals surface area contributed by atoms with Crippen LogP contribution in [0.5, 0.6) is 0 Å². The van der Waals surface area contributed by atoms with Crippen molar-refractivity contribution in [1.82, 2.24) is 0 Å². The van der Waals surface area contributed by atoms with Gasteiger partial charge in [0.1, 0.15) is 0 Å². The minimum Gasteiger partial charge on any atom is -0.102 e. The van der Waals surface area contributed by atoms with Crippen molar-refractivity contribution in [1.29, 1.82) is 0 Å². The van der Waals surface area contributed by atoms with Gasteiger partial charge in [-0.3, -0.25) is 0 Å². The standard InChI is InChI=1S/C18H17/c1-3-17(15-11-7-5-8-12-15)18(4-2)16-13-9-6-10-14-16/h3-14,17H,1-2H2/i16+2. The Labute approximate surface area is 109 Å². The summed E-state index contributed by atoms with van der Waals surface area (Å²) < 4.78 is 0. The van der Waals surface area contributed by atoms with E-state index in [1.807, 2.05) is 36.4 Å². The smallest absolute Gasteiger partial charge is 0.0373 e. The Bertz CT molecular complexity index is 447. The van der Waals surface area contributed by atoms with Gasteiger partial charge in [0.25, 0.3) is 0 Å². The molecule has 1 unspecified atom stereocenters. The predicted octanol–water partition coefficient (Wildman–Crippen LogP) is 4.76. The molecular formula is C18H17. The summed E-state index contributed by atoms with van der Waals surface area (Å²) in [6, 6.07) is 20.7. The second-order valence-corrected chi connectivity index (χ2v) is 4.15. The Kier molecular flexibility index (Phi) is 4.14. The molecule has 0 spiro atoms. The highest BCUT2D eigenvalue weighted by Crippen LogP contribution is 2.33. The number of hydrogen-bond donors (Lipinski definition) is 0. The molecule has 2 aromatic rings. The van der Waals surface area contributed by atoms with Gasteiger partial charge >= 0.3 is 0 Å². The zero-order chi connectivity index (χ0) is 12.8. The molecule has 1 atom stereocenters. The fourth-order valence-corrected chi connectivity index (χ4v) is 2.16. The maximum Gasteiger partial charge on any atom is 0.0373 e. The van der Waals surface area contributed by atoms with E-state index in [0.29, 0.717) is 0 Å². The highest BCUT2D eigenvalue weighted by atomic mass is 15.0. The molecule has 2 aromatic carbocycles. The Balaban J connectivity index is 2.37. The van der Waals surface area contributed by atoms with Crippen LogP contribution >= 0.6 is 0 Å². The van der Waals surface area contributed by atoms with E-state index < -0.39 is 0 Å². The lowest BCUT2D eigenvalue weighted by molar-refractivity contribution is 0.927. The average molecular weight is 235 g/mol. The van der Waals surface area contributed by atoms with Gasteiger partial charge in [0, 0.05) is 11.8 Å². The Morgan fingerprint density at radius 1 is 0.944 bits per heavy atom. The first-order chi connectivity index (χ1) is 8.86. The van der Waals surface area contributed by atoms with Gasteiger partial charge in [-0.05, 0) is 11.1 Å². The number of benzene rings is 2. The third-order valence-corrected chi connectivity index (χ3v) is 3.06. The van der Waals surface area contributed by atoms with Crippen molar-refractivity contribution in [3.8, 4) is 0 Å². The van der Waals surface area contributed by atoms with E-state index in [-0.39, 0.29) is 5.92 Å². The van der Waals surface area contributed by atoms with Crippen LogP contribution in [0.3, 0.4) is 0 Å². The molecule has 0 aromatic heterocycles. The van der Waals surface area contributed by atoms with Crippen LogP contribution in [0.2, 0.25) is 0 Å². The largest absolute Gasteiger partial charge is 0.102 e. The molecule has 0 nitrogen and oxygen atoms in total. The monoisotopic (exact) mass is 235 g/mol. The lowest BCUT2D eigenvalue weighted by Crippen LogP contribution is -2.07. The maximum absolute atomic E-state index is 3.96. The van der Waals surface area contributed by atoms with Crippen molar-refractivity contribution in [3.63, 3.8) is 0 Å². The zero-order valence-electron chi connectivity index (χ0n) is 10.4. The van der Waals surface area contributed by atoms with E-state index in [4.69, 9.17) is 0 Å². The molecule has 0 aliphatic heterocycles. The second kappa shape index (κ2) is 6.02. The molecule has 0 saturated carbocycles. The summed E-state index contributed by atoms with van der Waals surface area (Å²) in [4.78, 5) is 0. The molecule has 89 valence electrons. The van der Waals surface area contributed by atoms with Crippen LogP contribution in [0.15, 0.2) is 86.0 Å². The Morgan fingerprint density at radius 2 is 1.56 bits per heavy atom. The molecule has 0 heterocycles. The van der Waals surface area contributed by atoms with E-state index in [2.05, 4.69) is 49.6 Å². The third-order valence-electron chi connectivity index (χ3n) is 3.06. The summed E-state index contributed by atoms with van der Waals surface area (Å²) in [5.74, 6) is 1.38. The molecule has 0 N–H and O–H groups in total. The number of rotatable bonds is 5. The summed E-state index contributed by atoms with van der Waals surface area (Å²) in [6.45, 7) is 7.91. The van der Waals surface area contributed by atoms with Crippen LogP contribution in [0.4, 0.5) is 0 Å². The highest BCUT2D eigenvalue weighted by molar-refractivity contribution is 5.46. The highest BCUT2D eigenvalue weighted by Gasteiger charge is 2.19. The summed E-state index contributed by atoms with van der Waals surface area (Å²) in [7, 11) is 0. The minimum absolute atomic E-state index is 0.186. The third kappa shape index (κ3) is 2.60. The molecule has 0 aliphatic carbocycles. The van der Waals surface area contributed by atoms with Crippen LogP contribution in [0, 0.1) is 5.92 Å². The van der Waals surface area contributed by atoms with Crippen molar-refractivity contribution in [2.24, 2.45) is 0 Å². The van der Waals surface area contributed by atoms with Gasteiger partial charge < -0.3 is 0 Å². The average Bonchev–Trinajstić information content (AvgIpc) is 2.46. The fourth-order valence-electron chi connectivity index (χ4n) is 2.16. The molecule has 0 heteroatoms. The van der Waals surface area contributed by atoms with E-state index in [9.17, 15) is 0 Å². The van der Waals surface area contributed by atoms with Gasteiger partial charge in [-0.1, -0.05) is 72.8 Å². The van der Waals surface area contributed by atoms with E-state index in [0.717, 1.165) is 0 Å². The molecule has 1 radical (unpaired) electrons. The SMILES string of the molecule is C=C[C](C(C=C)c1ccccc1)[14c]1ccccc1. The van der Waals surface area contributed by atoms with Gasteiger partial charge in [0.2, 0.25) is 0 Å². The Morgan fingerprint density at radius 3 is 2.11 bits per heavy atom. The molecule has 0 fully saturated rings. The Hall–Kier alpha value is -2.08.